The molecule has 0 saturated heterocycles. The fraction of sp³-hybridized carbons (Fsp3) is 0.357. The molecule has 1 heterocycles. The van der Waals surface area contributed by atoms with E-state index in [-0.39, 0.29) is 0 Å². The SMILES string of the molecule is CCc1cccc(CC)c1NCc1nccs1. The third-order valence-electron chi connectivity index (χ3n) is 2.90. The first-order chi connectivity index (χ1) is 8.35. The molecule has 0 aliphatic heterocycles. The van der Waals surface area contributed by atoms with E-state index in [1.165, 1.54) is 16.8 Å². The maximum Gasteiger partial charge on any atom is 0.112 e. The first-order valence-electron chi connectivity index (χ1n) is 6.08. The lowest BCUT2D eigenvalue weighted by molar-refractivity contribution is 1.04. The van der Waals surface area contributed by atoms with Crippen LogP contribution in [0.3, 0.4) is 0 Å². The van der Waals surface area contributed by atoms with E-state index in [1.807, 2.05) is 11.6 Å². The Morgan fingerprint density at radius 1 is 1.18 bits per heavy atom. The summed E-state index contributed by atoms with van der Waals surface area (Å²) < 4.78 is 0. The van der Waals surface area contributed by atoms with Gasteiger partial charge in [0.05, 0.1) is 6.54 Å². The van der Waals surface area contributed by atoms with E-state index < -0.39 is 0 Å². The predicted molar refractivity (Wildman–Crippen MR) is 74.6 cm³/mol. The van der Waals surface area contributed by atoms with Crippen LogP contribution in [0.5, 0.6) is 0 Å². The highest BCUT2D eigenvalue weighted by atomic mass is 32.1. The van der Waals surface area contributed by atoms with Gasteiger partial charge in [-0.25, -0.2) is 4.98 Å². The maximum atomic E-state index is 4.30. The molecule has 0 radical (unpaired) electrons. The lowest BCUT2D eigenvalue weighted by Gasteiger charge is -2.14. The van der Waals surface area contributed by atoms with Crippen LogP contribution in [-0.2, 0) is 19.4 Å². The number of hydrogen-bond donors (Lipinski definition) is 1. The Hall–Kier alpha value is -1.35. The number of benzene rings is 1. The van der Waals surface area contributed by atoms with Crippen LogP contribution in [0.2, 0.25) is 0 Å². The number of aryl methyl sites for hydroxylation is 2. The molecule has 0 amide bonds. The van der Waals surface area contributed by atoms with Gasteiger partial charge < -0.3 is 5.32 Å². The molecule has 3 heteroatoms. The summed E-state index contributed by atoms with van der Waals surface area (Å²) in [6.07, 6.45) is 3.98. The smallest absolute Gasteiger partial charge is 0.112 e. The largest absolute Gasteiger partial charge is 0.378 e. The first-order valence-corrected chi connectivity index (χ1v) is 6.96. The van der Waals surface area contributed by atoms with Gasteiger partial charge >= 0.3 is 0 Å². The van der Waals surface area contributed by atoms with E-state index in [0.29, 0.717) is 0 Å². The zero-order valence-electron chi connectivity index (χ0n) is 10.4. The molecule has 2 nitrogen and oxygen atoms in total. The molecule has 17 heavy (non-hydrogen) atoms. The number of nitrogens with zero attached hydrogens (tertiary/aromatic N) is 1. The summed E-state index contributed by atoms with van der Waals surface area (Å²) in [6.45, 7) is 5.22. The number of aromatic nitrogens is 1. The molecule has 0 bridgehead atoms. The second kappa shape index (κ2) is 5.82. The van der Waals surface area contributed by atoms with Crippen LogP contribution >= 0.6 is 11.3 Å². The Morgan fingerprint density at radius 3 is 2.41 bits per heavy atom. The Morgan fingerprint density at radius 2 is 1.88 bits per heavy atom. The van der Waals surface area contributed by atoms with E-state index in [9.17, 15) is 0 Å². The van der Waals surface area contributed by atoms with E-state index >= 15 is 0 Å². The summed E-state index contributed by atoms with van der Waals surface area (Å²) >= 11 is 1.70. The molecular formula is C14H18N2S. The van der Waals surface area contributed by atoms with Crippen LogP contribution in [0, 0.1) is 0 Å². The molecule has 90 valence electrons. The topological polar surface area (TPSA) is 24.9 Å². The van der Waals surface area contributed by atoms with Crippen molar-refractivity contribution >= 4 is 17.0 Å². The molecule has 0 aliphatic rings. The molecule has 1 aromatic carbocycles. The summed E-state index contributed by atoms with van der Waals surface area (Å²) in [5.41, 5.74) is 4.08. The Kier molecular flexibility index (Phi) is 4.15. The minimum atomic E-state index is 0.821. The molecular weight excluding hydrogens is 228 g/mol. The molecule has 0 saturated carbocycles. The van der Waals surface area contributed by atoms with Crippen LogP contribution < -0.4 is 5.32 Å². The number of para-hydroxylation sites is 1. The average Bonchev–Trinajstić information content (AvgIpc) is 2.88. The molecule has 0 fully saturated rings. The lowest BCUT2D eigenvalue weighted by atomic mass is 10.0. The highest BCUT2D eigenvalue weighted by Gasteiger charge is 2.06. The third kappa shape index (κ3) is 2.86. The van der Waals surface area contributed by atoms with Crippen molar-refractivity contribution in [3.05, 3.63) is 45.9 Å². The normalized spacial score (nSPS) is 10.5. The average molecular weight is 246 g/mol. The van der Waals surface area contributed by atoms with Gasteiger partial charge in [0.1, 0.15) is 5.01 Å². The van der Waals surface area contributed by atoms with Crippen LogP contribution in [0.25, 0.3) is 0 Å². The van der Waals surface area contributed by atoms with Gasteiger partial charge in [0.25, 0.3) is 0 Å². The number of nitrogens with one attached hydrogen (secondary N) is 1. The highest BCUT2D eigenvalue weighted by molar-refractivity contribution is 7.09. The van der Waals surface area contributed by atoms with Gasteiger partial charge in [-0.1, -0.05) is 32.0 Å². The van der Waals surface area contributed by atoms with Gasteiger partial charge in [0, 0.05) is 17.3 Å². The fourth-order valence-electron chi connectivity index (χ4n) is 1.97. The van der Waals surface area contributed by atoms with E-state index in [1.54, 1.807) is 11.3 Å². The summed E-state index contributed by atoms with van der Waals surface area (Å²) in [5.74, 6) is 0. The molecule has 0 spiro atoms. The molecule has 2 rings (SSSR count). The van der Waals surface area contributed by atoms with Crippen molar-refractivity contribution in [1.29, 1.82) is 0 Å². The number of thiazole rings is 1. The molecule has 0 atom stereocenters. The summed E-state index contributed by atoms with van der Waals surface area (Å²) in [4.78, 5) is 4.30. The standard InChI is InChI=1S/C14H18N2S/c1-3-11-6-5-7-12(4-2)14(11)16-10-13-15-8-9-17-13/h5-9,16H,3-4,10H2,1-2H3. The van der Waals surface area contributed by atoms with Gasteiger partial charge in [-0.05, 0) is 24.0 Å². The second-order valence-corrected chi connectivity index (χ2v) is 4.92. The van der Waals surface area contributed by atoms with Crippen LogP contribution in [0.4, 0.5) is 5.69 Å². The van der Waals surface area contributed by atoms with E-state index in [2.05, 4.69) is 42.3 Å². The van der Waals surface area contributed by atoms with Crippen LogP contribution in [-0.4, -0.2) is 4.98 Å². The molecule has 0 aliphatic carbocycles. The van der Waals surface area contributed by atoms with Crippen LogP contribution in [0.15, 0.2) is 29.8 Å². The van der Waals surface area contributed by atoms with Gasteiger partial charge in [-0.15, -0.1) is 11.3 Å². The fourth-order valence-corrected chi connectivity index (χ4v) is 2.53. The van der Waals surface area contributed by atoms with Gasteiger partial charge in [-0.2, -0.15) is 0 Å². The maximum absolute atomic E-state index is 4.30. The lowest BCUT2D eigenvalue weighted by Crippen LogP contribution is -2.04. The van der Waals surface area contributed by atoms with Gasteiger partial charge in [0.15, 0.2) is 0 Å². The van der Waals surface area contributed by atoms with Crippen molar-refractivity contribution in [2.45, 2.75) is 33.2 Å². The van der Waals surface area contributed by atoms with Crippen molar-refractivity contribution in [1.82, 2.24) is 4.98 Å². The summed E-state index contributed by atoms with van der Waals surface area (Å²) in [5, 5.41) is 6.69. The van der Waals surface area contributed by atoms with Crippen molar-refractivity contribution in [2.24, 2.45) is 0 Å². The minimum absolute atomic E-state index is 0.821. The molecule has 2 aromatic rings. The zero-order chi connectivity index (χ0) is 12.1. The predicted octanol–water partition coefficient (Wildman–Crippen LogP) is 3.88. The summed E-state index contributed by atoms with van der Waals surface area (Å²) in [7, 11) is 0. The van der Waals surface area contributed by atoms with E-state index in [0.717, 1.165) is 24.4 Å². The van der Waals surface area contributed by atoms with Crippen molar-refractivity contribution in [3.8, 4) is 0 Å². The van der Waals surface area contributed by atoms with Crippen molar-refractivity contribution in [3.63, 3.8) is 0 Å². The summed E-state index contributed by atoms with van der Waals surface area (Å²) in [6, 6.07) is 6.54. The number of hydrogen-bond acceptors (Lipinski definition) is 3. The highest BCUT2D eigenvalue weighted by Crippen LogP contribution is 2.23. The van der Waals surface area contributed by atoms with E-state index in [4.69, 9.17) is 0 Å². The van der Waals surface area contributed by atoms with Crippen molar-refractivity contribution < 1.29 is 0 Å². The molecule has 1 aromatic heterocycles. The second-order valence-electron chi connectivity index (χ2n) is 3.94. The number of anilines is 1. The van der Waals surface area contributed by atoms with Gasteiger partial charge in [0.2, 0.25) is 0 Å². The quantitative estimate of drug-likeness (QED) is 0.866. The van der Waals surface area contributed by atoms with Crippen LogP contribution in [0.1, 0.15) is 30.0 Å². The Balaban J connectivity index is 2.18. The Labute approximate surface area is 107 Å². The zero-order valence-corrected chi connectivity index (χ0v) is 11.2. The minimum Gasteiger partial charge on any atom is -0.378 e. The Bertz CT molecular complexity index is 441. The molecule has 0 unspecified atom stereocenters. The third-order valence-corrected chi connectivity index (χ3v) is 3.68. The monoisotopic (exact) mass is 246 g/mol. The van der Waals surface area contributed by atoms with Gasteiger partial charge in [-0.3, -0.25) is 0 Å². The number of rotatable bonds is 5. The first kappa shape index (κ1) is 12.1. The van der Waals surface area contributed by atoms with Crippen molar-refractivity contribution in [2.75, 3.05) is 5.32 Å². The molecule has 1 N–H and O–H groups in total.